The number of benzene rings is 1. The number of anilines is 1. The Morgan fingerprint density at radius 2 is 1.85 bits per heavy atom. The van der Waals surface area contributed by atoms with Gasteiger partial charge in [0.25, 0.3) is 5.91 Å². The number of halogens is 1. The summed E-state index contributed by atoms with van der Waals surface area (Å²) in [4.78, 5) is 15.8. The molecule has 0 atom stereocenters. The molecule has 0 bridgehead atoms. The van der Waals surface area contributed by atoms with Crippen LogP contribution in [-0.2, 0) is 12.8 Å². The number of pyridine rings is 1. The molecule has 0 saturated heterocycles. The van der Waals surface area contributed by atoms with E-state index in [1.165, 1.54) is 12.3 Å². The number of carbonyl (C=O) groups is 1. The highest BCUT2D eigenvalue weighted by molar-refractivity contribution is 6.05. The maximum atomic E-state index is 13.6. The Balaban J connectivity index is 2.35. The number of rotatable bonds is 4. The number of aromatic nitrogens is 1. The molecule has 104 valence electrons. The summed E-state index contributed by atoms with van der Waals surface area (Å²) in [6.45, 7) is 4.05. The molecule has 0 unspecified atom stereocenters. The molecule has 1 aromatic heterocycles. The van der Waals surface area contributed by atoms with Gasteiger partial charge in [0.15, 0.2) is 5.82 Å². The number of amides is 1. The van der Waals surface area contributed by atoms with Crippen molar-refractivity contribution in [3.05, 3.63) is 59.2 Å². The van der Waals surface area contributed by atoms with Crippen LogP contribution in [0, 0.1) is 5.82 Å². The molecule has 3 nitrogen and oxygen atoms in total. The largest absolute Gasteiger partial charge is 0.321 e. The van der Waals surface area contributed by atoms with E-state index in [1.807, 2.05) is 32.0 Å². The molecule has 1 heterocycles. The summed E-state index contributed by atoms with van der Waals surface area (Å²) < 4.78 is 13.6. The van der Waals surface area contributed by atoms with Gasteiger partial charge < -0.3 is 5.32 Å². The Morgan fingerprint density at radius 3 is 2.40 bits per heavy atom. The molecule has 2 aromatic rings. The van der Waals surface area contributed by atoms with Crippen LogP contribution in [0.5, 0.6) is 0 Å². The first-order chi connectivity index (χ1) is 9.67. The number of hydrogen-bond acceptors (Lipinski definition) is 2. The lowest BCUT2D eigenvalue weighted by atomic mass is 10.0. The number of nitrogens with zero attached hydrogens (tertiary/aromatic N) is 1. The second-order valence-electron chi connectivity index (χ2n) is 4.47. The standard InChI is InChI=1S/C16H17FN2O/c1-3-11-6-5-7-12(4-2)15(11)19-16(20)13-8-9-18-10-14(13)17/h5-10H,3-4H2,1-2H3,(H,19,20). The van der Waals surface area contributed by atoms with E-state index in [9.17, 15) is 9.18 Å². The molecule has 4 heteroatoms. The van der Waals surface area contributed by atoms with Crippen molar-refractivity contribution >= 4 is 11.6 Å². The van der Waals surface area contributed by atoms with Gasteiger partial charge in [-0.15, -0.1) is 0 Å². The van der Waals surface area contributed by atoms with Crippen molar-refractivity contribution in [1.29, 1.82) is 0 Å². The zero-order valence-electron chi connectivity index (χ0n) is 11.6. The molecule has 1 N–H and O–H groups in total. The summed E-state index contributed by atoms with van der Waals surface area (Å²) in [5, 5.41) is 2.83. The van der Waals surface area contributed by atoms with Gasteiger partial charge in [-0.05, 0) is 30.0 Å². The molecular formula is C16H17FN2O. The van der Waals surface area contributed by atoms with E-state index in [4.69, 9.17) is 0 Å². The molecule has 0 aliphatic rings. The minimum Gasteiger partial charge on any atom is -0.321 e. The Kier molecular flexibility index (Phi) is 4.45. The summed E-state index contributed by atoms with van der Waals surface area (Å²) in [5.74, 6) is -1.06. The lowest BCUT2D eigenvalue weighted by molar-refractivity contribution is 0.102. The van der Waals surface area contributed by atoms with Crippen LogP contribution in [0.15, 0.2) is 36.7 Å². The van der Waals surface area contributed by atoms with E-state index < -0.39 is 11.7 Å². The maximum Gasteiger partial charge on any atom is 0.258 e. The average Bonchev–Trinajstić information content (AvgIpc) is 2.47. The van der Waals surface area contributed by atoms with E-state index in [0.717, 1.165) is 35.9 Å². The smallest absolute Gasteiger partial charge is 0.258 e. The summed E-state index contributed by atoms with van der Waals surface area (Å²) in [5.41, 5.74) is 2.89. The summed E-state index contributed by atoms with van der Waals surface area (Å²) in [7, 11) is 0. The molecule has 0 spiro atoms. The third-order valence-electron chi connectivity index (χ3n) is 3.25. The van der Waals surface area contributed by atoms with Crippen LogP contribution < -0.4 is 5.32 Å². The molecule has 0 saturated carbocycles. The number of nitrogens with one attached hydrogen (secondary N) is 1. The van der Waals surface area contributed by atoms with Crippen LogP contribution in [-0.4, -0.2) is 10.9 Å². The van der Waals surface area contributed by atoms with Crippen molar-refractivity contribution in [2.45, 2.75) is 26.7 Å². The minimum absolute atomic E-state index is 0.00737. The average molecular weight is 272 g/mol. The minimum atomic E-state index is -0.614. The number of aryl methyl sites for hydroxylation is 2. The molecule has 0 aliphatic heterocycles. The predicted octanol–water partition coefficient (Wildman–Crippen LogP) is 3.60. The van der Waals surface area contributed by atoms with Gasteiger partial charge in [0.1, 0.15) is 0 Å². The van der Waals surface area contributed by atoms with Crippen molar-refractivity contribution in [2.24, 2.45) is 0 Å². The summed E-state index contributed by atoms with van der Waals surface area (Å²) in [6, 6.07) is 7.29. The van der Waals surface area contributed by atoms with Gasteiger partial charge >= 0.3 is 0 Å². The number of hydrogen-bond donors (Lipinski definition) is 1. The Hall–Kier alpha value is -2.23. The molecular weight excluding hydrogens is 255 g/mol. The maximum absolute atomic E-state index is 13.6. The second-order valence-corrected chi connectivity index (χ2v) is 4.47. The molecule has 2 rings (SSSR count). The van der Waals surface area contributed by atoms with Crippen LogP contribution in [0.25, 0.3) is 0 Å². The predicted molar refractivity (Wildman–Crippen MR) is 77.3 cm³/mol. The van der Waals surface area contributed by atoms with Crippen LogP contribution >= 0.6 is 0 Å². The zero-order valence-corrected chi connectivity index (χ0v) is 11.6. The van der Waals surface area contributed by atoms with Gasteiger partial charge in [0.2, 0.25) is 0 Å². The van der Waals surface area contributed by atoms with Crippen molar-refractivity contribution in [3.8, 4) is 0 Å². The van der Waals surface area contributed by atoms with Crippen molar-refractivity contribution in [3.63, 3.8) is 0 Å². The summed E-state index contributed by atoms with van der Waals surface area (Å²) in [6.07, 6.45) is 4.07. The second kappa shape index (κ2) is 6.28. The highest BCUT2D eigenvalue weighted by Gasteiger charge is 2.14. The lowest BCUT2D eigenvalue weighted by Crippen LogP contribution is -2.16. The lowest BCUT2D eigenvalue weighted by Gasteiger charge is -2.14. The van der Waals surface area contributed by atoms with Crippen molar-refractivity contribution in [2.75, 3.05) is 5.32 Å². The van der Waals surface area contributed by atoms with Crippen molar-refractivity contribution in [1.82, 2.24) is 4.98 Å². The third kappa shape index (κ3) is 2.85. The Bertz CT molecular complexity index is 603. The van der Waals surface area contributed by atoms with E-state index in [2.05, 4.69) is 10.3 Å². The fourth-order valence-electron chi connectivity index (χ4n) is 2.14. The fourth-order valence-corrected chi connectivity index (χ4v) is 2.14. The molecule has 20 heavy (non-hydrogen) atoms. The van der Waals surface area contributed by atoms with E-state index in [1.54, 1.807) is 0 Å². The SMILES string of the molecule is CCc1cccc(CC)c1NC(=O)c1ccncc1F. The molecule has 0 aliphatic carbocycles. The first kappa shape index (κ1) is 14.2. The van der Waals surface area contributed by atoms with Gasteiger partial charge in [-0.1, -0.05) is 32.0 Å². The van der Waals surface area contributed by atoms with Gasteiger partial charge in [0.05, 0.1) is 11.8 Å². The molecule has 1 amide bonds. The van der Waals surface area contributed by atoms with Gasteiger partial charge in [-0.2, -0.15) is 0 Å². The van der Waals surface area contributed by atoms with E-state index >= 15 is 0 Å². The first-order valence-electron chi connectivity index (χ1n) is 6.69. The van der Waals surface area contributed by atoms with Crippen LogP contribution in [0.1, 0.15) is 35.3 Å². The number of para-hydroxylation sites is 1. The van der Waals surface area contributed by atoms with Gasteiger partial charge in [-0.3, -0.25) is 9.78 Å². The monoisotopic (exact) mass is 272 g/mol. The molecule has 0 fully saturated rings. The van der Waals surface area contributed by atoms with Crippen LogP contribution in [0.3, 0.4) is 0 Å². The normalized spacial score (nSPS) is 10.3. The Labute approximate surface area is 117 Å². The van der Waals surface area contributed by atoms with Crippen molar-refractivity contribution < 1.29 is 9.18 Å². The van der Waals surface area contributed by atoms with Crippen LogP contribution in [0.2, 0.25) is 0 Å². The van der Waals surface area contributed by atoms with E-state index in [-0.39, 0.29) is 5.56 Å². The Morgan fingerprint density at radius 1 is 1.20 bits per heavy atom. The number of carbonyl (C=O) groups excluding carboxylic acids is 1. The third-order valence-corrected chi connectivity index (χ3v) is 3.25. The molecule has 0 radical (unpaired) electrons. The quantitative estimate of drug-likeness (QED) is 0.924. The zero-order chi connectivity index (χ0) is 14.5. The fraction of sp³-hybridized carbons (Fsp3) is 0.250. The highest BCUT2D eigenvalue weighted by atomic mass is 19.1. The van der Waals surface area contributed by atoms with E-state index in [0.29, 0.717) is 0 Å². The topological polar surface area (TPSA) is 42.0 Å². The molecule has 1 aromatic carbocycles. The van der Waals surface area contributed by atoms with Crippen LogP contribution in [0.4, 0.5) is 10.1 Å². The van der Waals surface area contributed by atoms with Gasteiger partial charge in [0, 0.05) is 11.9 Å². The summed E-state index contributed by atoms with van der Waals surface area (Å²) >= 11 is 0. The van der Waals surface area contributed by atoms with Gasteiger partial charge in [-0.25, -0.2) is 4.39 Å². The first-order valence-corrected chi connectivity index (χ1v) is 6.69. The highest BCUT2D eigenvalue weighted by Crippen LogP contribution is 2.23.